The van der Waals surface area contributed by atoms with Gasteiger partial charge in [-0.1, -0.05) is 11.8 Å². The van der Waals surface area contributed by atoms with E-state index in [4.69, 9.17) is 0 Å². The molecular weight excluding hydrogens is 196 g/mol. The summed E-state index contributed by atoms with van der Waals surface area (Å²) in [6.07, 6.45) is 7.29. The van der Waals surface area contributed by atoms with Gasteiger partial charge in [-0.05, 0) is 13.2 Å². The van der Waals surface area contributed by atoms with E-state index in [2.05, 4.69) is 15.0 Å². The van der Waals surface area contributed by atoms with Crippen LogP contribution in [-0.4, -0.2) is 25.8 Å². The first-order chi connectivity index (χ1) is 6.79. The van der Waals surface area contributed by atoms with Crippen LogP contribution in [0, 0.1) is 6.92 Å². The molecule has 14 heavy (non-hydrogen) atoms. The second-order valence-electron chi connectivity index (χ2n) is 2.82. The maximum absolute atomic E-state index is 4.37. The van der Waals surface area contributed by atoms with Crippen molar-refractivity contribution in [2.24, 2.45) is 0 Å². The van der Waals surface area contributed by atoms with E-state index in [9.17, 15) is 0 Å². The molecule has 2 aromatic rings. The first-order valence-corrected chi connectivity index (χ1v) is 5.40. The lowest BCUT2D eigenvalue weighted by Gasteiger charge is -2.03. The Kier molecular flexibility index (Phi) is 2.49. The average Bonchev–Trinajstić information content (AvgIpc) is 2.69. The molecule has 0 aliphatic heterocycles. The molecule has 0 radical (unpaired) electrons. The monoisotopic (exact) mass is 206 g/mol. The van der Waals surface area contributed by atoms with E-state index in [-0.39, 0.29) is 0 Å². The second kappa shape index (κ2) is 3.79. The van der Waals surface area contributed by atoms with Gasteiger partial charge in [0.25, 0.3) is 0 Å². The van der Waals surface area contributed by atoms with E-state index in [1.165, 1.54) is 11.8 Å². The van der Waals surface area contributed by atoms with E-state index < -0.39 is 0 Å². The molecule has 72 valence electrons. The summed E-state index contributed by atoms with van der Waals surface area (Å²) in [5, 5.41) is 0.786. The van der Waals surface area contributed by atoms with Crippen molar-refractivity contribution in [1.29, 1.82) is 0 Å². The fraction of sp³-hybridized carbons (Fsp3) is 0.222. The lowest BCUT2D eigenvalue weighted by Crippen LogP contribution is -1.99. The molecule has 0 aromatic carbocycles. The summed E-state index contributed by atoms with van der Waals surface area (Å²) in [7, 11) is 0. The Bertz CT molecular complexity index is 424. The summed E-state index contributed by atoms with van der Waals surface area (Å²) in [5.41, 5.74) is 0.966. The van der Waals surface area contributed by atoms with Crippen molar-refractivity contribution >= 4 is 11.8 Å². The van der Waals surface area contributed by atoms with Crippen molar-refractivity contribution < 1.29 is 0 Å². The van der Waals surface area contributed by atoms with Crippen LogP contribution in [0.25, 0.3) is 5.82 Å². The smallest absolute Gasteiger partial charge is 0.189 e. The molecule has 0 N–H and O–H groups in total. The fourth-order valence-electron chi connectivity index (χ4n) is 1.14. The first kappa shape index (κ1) is 9.21. The molecule has 0 saturated heterocycles. The van der Waals surface area contributed by atoms with E-state index in [1.54, 1.807) is 12.5 Å². The summed E-state index contributed by atoms with van der Waals surface area (Å²) in [6, 6.07) is 1.93. The van der Waals surface area contributed by atoms with Gasteiger partial charge in [0.2, 0.25) is 0 Å². The minimum Gasteiger partial charge on any atom is -0.290 e. The first-order valence-electron chi connectivity index (χ1n) is 4.17. The zero-order chi connectivity index (χ0) is 9.97. The van der Waals surface area contributed by atoms with Crippen LogP contribution in [0.5, 0.6) is 0 Å². The predicted octanol–water partition coefficient (Wildman–Crippen LogP) is 1.69. The van der Waals surface area contributed by atoms with E-state index in [0.29, 0.717) is 0 Å². The SMILES string of the molecule is CSc1nc(C)cc(-n2ccnc2)n1. The molecule has 0 aliphatic rings. The highest BCUT2D eigenvalue weighted by atomic mass is 32.2. The normalized spacial score (nSPS) is 10.4. The van der Waals surface area contributed by atoms with Gasteiger partial charge < -0.3 is 0 Å². The van der Waals surface area contributed by atoms with Crippen LogP contribution in [0.2, 0.25) is 0 Å². The summed E-state index contributed by atoms with van der Waals surface area (Å²) in [6.45, 7) is 1.96. The second-order valence-corrected chi connectivity index (χ2v) is 3.60. The quantitative estimate of drug-likeness (QED) is 0.554. The number of hydrogen-bond acceptors (Lipinski definition) is 4. The molecule has 0 saturated carbocycles. The minimum atomic E-state index is 0.786. The Labute approximate surface area is 86.4 Å². The van der Waals surface area contributed by atoms with Crippen molar-refractivity contribution in [2.45, 2.75) is 12.1 Å². The van der Waals surface area contributed by atoms with Crippen molar-refractivity contribution in [3.8, 4) is 5.82 Å². The van der Waals surface area contributed by atoms with Gasteiger partial charge in [-0.25, -0.2) is 15.0 Å². The molecule has 0 unspecified atom stereocenters. The number of thioether (sulfide) groups is 1. The van der Waals surface area contributed by atoms with Gasteiger partial charge in [0.05, 0.1) is 0 Å². The number of aryl methyl sites for hydroxylation is 1. The van der Waals surface area contributed by atoms with Gasteiger partial charge in [0.15, 0.2) is 5.16 Å². The maximum Gasteiger partial charge on any atom is 0.189 e. The highest BCUT2D eigenvalue weighted by Gasteiger charge is 2.02. The van der Waals surface area contributed by atoms with Gasteiger partial charge in [-0.2, -0.15) is 0 Å². The van der Waals surface area contributed by atoms with Crippen LogP contribution in [-0.2, 0) is 0 Å². The van der Waals surface area contributed by atoms with Crippen LogP contribution in [0.4, 0.5) is 0 Å². The Balaban J connectivity index is 2.48. The van der Waals surface area contributed by atoms with Crippen molar-refractivity contribution in [1.82, 2.24) is 19.5 Å². The molecule has 4 nitrogen and oxygen atoms in total. The molecule has 0 atom stereocenters. The molecule has 2 rings (SSSR count). The number of aromatic nitrogens is 4. The Morgan fingerprint density at radius 3 is 2.86 bits per heavy atom. The summed E-state index contributed by atoms with van der Waals surface area (Å²) >= 11 is 1.54. The molecule has 2 heterocycles. The molecule has 0 fully saturated rings. The Hall–Kier alpha value is -1.36. The minimum absolute atomic E-state index is 0.786. The van der Waals surface area contributed by atoms with Gasteiger partial charge in [-0.15, -0.1) is 0 Å². The molecule has 0 spiro atoms. The number of rotatable bonds is 2. The summed E-state index contributed by atoms with van der Waals surface area (Å²) in [5.74, 6) is 0.861. The Morgan fingerprint density at radius 2 is 2.21 bits per heavy atom. The molecule has 0 amide bonds. The molecular formula is C9H10N4S. The third kappa shape index (κ3) is 1.77. The maximum atomic E-state index is 4.37. The zero-order valence-corrected chi connectivity index (χ0v) is 8.82. The Morgan fingerprint density at radius 1 is 1.36 bits per heavy atom. The van der Waals surface area contributed by atoms with Crippen LogP contribution in [0.1, 0.15) is 5.69 Å². The highest BCUT2D eigenvalue weighted by molar-refractivity contribution is 7.98. The van der Waals surface area contributed by atoms with Crippen molar-refractivity contribution in [2.75, 3.05) is 6.26 Å². The highest BCUT2D eigenvalue weighted by Crippen LogP contribution is 2.12. The lowest BCUT2D eigenvalue weighted by molar-refractivity contribution is 0.869. The van der Waals surface area contributed by atoms with Crippen LogP contribution in [0.15, 0.2) is 29.9 Å². The van der Waals surface area contributed by atoms with Crippen LogP contribution >= 0.6 is 11.8 Å². The lowest BCUT2D eigenvalue weighted by atomic mass is 10.4. The molecule has 0 aliphatic carbocycles. The van der Waals surface area contributed by atoms with Gasteiger partial charge in [-0.3, -0.25) is 4.57 Å². The molecule has 2 aromatic heterocycles. The third-order valence-electron chi connectivity index (χ3n) is 1.77. The van der Waals surface area contributed by atoms with Crippen LogP contribution < -0.4 is 0 Å². The topological polar surface area (TPSA) is 43.6 Å². The zero-order valence-electron chi connectivity index (χ0n) is 8.01. The largest absolute Gasteiger partial charge is 0.290 e. The standard InChI is InChI=1S/C9H10N4S/c1-7-5-8(12-9(11-7)14-2)13-4-3-10-6-13/h3-6H,1-2H3. The van der Waals surface area contributed by atoms with Crippen LogP contribution in [0.3, 0.4) is 0 Å². The number of hydrogen-bond donors (Lipinski definition) is 0. The van der Waals surface area contributed by atoms with Gasteiger partial charge >= 0.3 is 0 Å². The number of nitrogens with zero attached hydrogens (tertiary/aromatic N) is 4. The van der Waals surface area contributed by atoms with E-state index in [0.717, 1.165) is 16.7 Å². The molecule has 5 heteroatoms. The number of imidazole rings is 1. The molecule has 0 bridgehead atoms. The average molecular weight is 206 g/mol. The van der Waals surface area contributed by atoms with Gasteiger partial charge in [0.1, 0.15) is 12.1 Å². The van der Waals surface area contributed by atoms with Crippen molar-refractivity contribution in [3.63, 3.8) is 0 Å². The third-order valence-corrected chi connectivity index (χ3v) is 2.32. The van der Waals surface area contributed by atoms with E-state index >= 15 is 0 Å². The summed E-state index contributed by atoms with van der Waals surface area (Å²) in [4.78, 5) is 12.6. The fourth-order valence-corrected chi connectivity index (χ4v) is 1.56. The summed E-state index contributed by atoms with van der Waals surface area (Å²) < 4.78 is 1.87. The van der Waals surface area contributed by atoms with Gasteiger partial charge in [0, 0.05) is 24.2 Å². The predicted molar refractivity (Wildman–Crippen MR) is 55.7 cm³/mol. The van der Waals surface area contributed by atoms with E-state index in [1.807, 2.05) is 30.0 Å². The van der Waals surface area contributed by atoms with Crippen molar-refractivity contribution in [3.05, 3.63) is 30.5 Å².